The van der Waals surface area contributed by atoms with E-state index in [4.69, 9.17) is 4.74 Å². The van der Waals surface area contributed by atoms with Crippen LogP contribution in [0.5, 0.6) is 0 Å². The van der Waals surface area contributed by atoms with Crippen LogP contribution in [-0.2, 0) is 11.2 Å². The molecule has 2 aromatic rings. The van der Waals surface area contributed by atoms with E-state index in [0.717, 1.165) is 22.9 Å². The Bertz CT molecular complexity index is 436. The lowest BCUT2D eigenvalue weighted by atomic mass is 10.1. The Balaban J connectivity index is 2.40. The van der Waals surface area contributed by atoms with Crippen molar-refractivity contribution < 1.29 is 9.13 Å². The van der Waals surface area contributed by atoms with Crippen LogP contribution >= 0.6 is 0 Å². The van der Waals surface area contributed by atoms with E-state index in [0.29, 0.717) is 6.61 Å². The third kappa shape index (κ3) is 1.63. The molecule has 0 saturated heterocycles. The van der Waals surface area contributed by atoms with E-state index in [-0.39, 0.29) is 5.82 Å². The van der Waals surface area contributed by atoms with Crippen molar-refractivity contribution in [1.82, 2.24) is 4.98 Å². The van der Waals surface area contributed by atoms with Gasteiger partial charge in [0.15, 0.2) is 0 Å². The summed E-state index contributed by atoms with van der Waals surface area (Å²) in [6, 6.07) is 4.76. The highest BCUT2D eigenvalue weighted by atomic mass is 19.1. The first-order valence-corrected chi connectivity index (χ1v) is 4.55. The average Bonchev–Trinajstić information content (AvgIpc) is 2.57. The van der Waals surface area contributed by atoms with Crippen LogP contribution in [0.3, 0.4) is 0 Å². The van der Waals surface area contributed by atoms with Gasteiger partial charge in [0.05, 0.1) is 6.61 Å². The molecule has 0 aliphatic carbocycles. The summed E-state index contributed by atoms with van der Waals surface area (Å²) in [6.07, 6.45) is 2.71. The summed E-state index contributed by atoms with van der Waals surface area (Å²) in [6.45, 7) is 0.656. The van der Waals surface area contributed by atoms with Crippen LogP contribution in [0, 0.1) is 5.82 Å². The van der Waals surface area contributed by atoms with Gasteiger partial charge in [0.25, 0.3) is 0 Å². The monoisotopic (exact) mass is 193 g/mol. The van der Waals surface area contributed by atoms with Crippen molar-refractivity contribution in [2.75, 3.05) is 13.7 Å². The topological polar surface area (TPSA) is 25.0 Å². The number of fused-ring (bicyclic) bond motifs is 1. The summed E-state index contributed by atoms with van der Waals surface area (Å²) in [5, 5.41) is 0.946. The molecule has 0 unspecified atom stereocenters. The van der Waals surface area contributed by atoms with Gasteiger partial charge in [0.1, 0.15) is 5.82 Å². The van der Waals surface area contributed by atoms with Crippen molar-refractivity contribution >= 4 is 10.9 Å². The Morgan fingerprint density at radius 3 is 3.07 bits per heavy atom. The fourth-order valence-corrected chi connectivity index (χ4v) is 1.57. The van der Waals surface area contributed by atoms with E-state index in [1.807, 2.05) is 6.20 Å². The number of halogens is 1. The van der Waals surface area contributed by atoms with E-state index in [1.165, 1.54) is 6.07 Å². The van der Waals surface area contributed by atoms with E-state index in [1.54, 1.807) is 19.2 Å². The molecule has 2 rings (SSSR count). The highest BCUT2D eigenvalue weighted by Crippen LogP contribution is 2.19. The van der Waals surface area contributed by atoms with Gasteiger partial charge in [-0.05, 0) is 30.2 Å². The summed E-state index contributed by atoms with van der Waals surface area (Å²) in [7, 11) is 1.66. The number of nitrogens with one attached hydrogen (secondary N) is 1. The first kappa shape index (κ1) is 9.21. The summed E-state index contributed by atoms with van der Waals surface area (Å²) < 4.78 is 18.0. The van der Waals surface area contributed by atoms with Crippen LogP contribution in [0.2, 0.25) is 0 Å². The lowest BCUT2D eigenvalue weighted by Gasteiger charge is -1.97. The Hall–Kier alpha value is -1.35. The molecule has 1 N–H and O–H groups in total. The van der Waals surface area contributed by atoms with Gasteiger partial charge in [0.2, 0.25) is 0 Å². The molecule has 0 saturated carbocycles. The second-order valence-corrected chi connectivity index (χ2v) is 3.25. The zero-order valence-corrected chi connectivity index (χ0v) is 8.01. The Kier molecular flexibility index (Phi) is 2.50. The summed E-state index contributed by atoms with van der Waals surface area (Å²) in [4.78, 5) is 3.10. The lowest BCUT2D eigenvalue weighted by molar-refractivity contribution is 0.202. The number of hydrogen-bond donors (Lipinski definition) is 1. The highest BCUT2D eigenvalue weighted by Gasteiger charge is 2.03. The van der Waals surface area contributed by atoms with Gasteiger partial charge < -0.3 is 9.72 Å². The van der Waals surface area contributed by atoms with Crippen LogP contribution in [0.25, 0.3) is 10.9 Å². The lowest BCUT2D eigenvalue weighted by Crippen LogP contribution is -1.92. The minimum atomic E-state index is -0.198. The summed E-state index contributed by atoms with van der Waals surface area (Å²) >= 11 is 0. The number of rotatable bonds is 3. The first-order chi connectivity index (χ1) is 6.81. The van der Waals surface area contributed by atoms with Gasteiger partial charge in [-0.15, -0.1) is 0 Å². The van der Waals surface area contributed by atoms with Crippen molar-refractivity contribution in [3.05, 3.63) is 35.8 Å². The normalized spacial score (nSPS) is 11.0. The van der Waals surface area contributed by atoms with Crippen LogP contribution in [0.15, 0.2) is 24.4 Å². The molecule has 0 aliphatic heterocycles. The highest BCUT2D eigenvalue weighted by molar-refractivity contribution is 5.83. The Labute approximate surface area is 81.7 Å². The standard InChI is InChI=1S/C11H12FNO/c1-14-5-4-8-7-13-11-3-2-9(12)6-10(8)11/h2-3,6-7,13H,4-5H2,1H3. The fraction of sp³-hybridized carbons (Fsp3) is 0.273. The second kappa shape index (κ2) is 3.80. The van der Waals surface area contributed by atoms with Crippen molar-refractivity contribution in [2.24, 2.45) is 0 Å². The largest absolute Gasteiger partial charge is 0.384 e. The number of aromatic amines is 1. The SMILES string of the molecule is COCCc1c[nH]c2ccc(F)cc12. The zero-order chi connectivity index (χ0) is 9.97. The van der Waals surface area contributed by atoms with Gasteiger partial charge in [0, 0.05) is 24.2 Å². The fourth-order valence-electron chi connectivity index (χ4n) is 1.57. The molecule has 1 heterocycles. The molecule has 1 aromatic carbocycles. The Morgan fingerprint density at radius 1 is 1.43 bits per heavy atom. The van der Waals surface area contributed by atoms with Crippen LogP contribution < -0.4 is 0 Å². The molecule has 0 bridgehead atoms. The molecule has 1 aromatic heterocycles. The number of aromatic nitrogens is 1. The van der Waals surface area contributed by atoms with Crippen LogP contribution in [0.1, 0.15) is 5.56 Å². The maximum atomic E-state index is 13.0. The van der Waals surface area contributed by atoms with Gasteiger partial charge in [-0.3, -0.25) is 0 Å². The molecule has 0 spiro atoms. The first-order valence-electron chi connectivity index (χ1n) is 4.55. The number of hydrogen-bond acceptors (Lipinski definition) is 1. The third-order valence-corrected chi connectivity index (χ3v) is 2.30. The molecule has 0 fully saturated rings. The number of ether oxygens (including phenoxy) is 1. The average molecular weight is 193 g/mol. The molecular formula is C11H12FNO. The maximum Gasteiger partial charge on any atom is 0.123 e. The van der Waals surface area contributed by atoms with Crippen molar-refractivity contribution in [3.8, 4) is 0 Å². The molecule has 14 heavy (non-hydrogen) atoms. The van der Waals surface area contributed by atoms with Gasteiger partial charge in [-0.25, -0.2) is 4.39 Å². The van der Waals surface area contributed by atoms with E-state index < -0.39 is 0 Å². The molecule has 0 atom stereocenters. The van der Waals surface area contributed by atoms with Crippen LogP contribution in [-0.4, -0.2) is 18.7 Å². The van der Waals surface area contributed by atoms with Gasteiger partial charge >= 0.3 is 0 Å². The van der Waals surface area contributed by atoms with Crippen molar-refractivity contribution in [1.29, 1.82) is 0 Å². The quantitative estimate of drug-likeness (QED) is 0.796. The molecule has 0 amide bonds. The Morgan fingerprint density at radius 2 is 2.29 bits per heavy atom. The van der Waals surface area contributed by atoms with Crippen LogP contribution in [0.4, 0.5) is 4.39 Å². The molecule has 74 valence electrons. The molecular weight excluding hydrogens is 181 g/mol. The molecule has 3 heteroatoms. The van der Waals surface area contributed by atoms with Crippen molar-refractivity contribution in [2.45, 2.75) is 6.42 Å². The minimum Gasteiger partial charge on any atom is -0.384 e. The van der Waals surface area contributed by atoms with E-state index in [2.05, 4.69) is 4.98 Å². The molecule has 0 aliphatic rings. The molecule has 0 radical (unpaired) electrons. The number of methoxy groups -OCH3 is 1. The second-order valence-electron chi connectivity index (χ2n) is 3.25. The van der Waals surface area contributed by atoms with E-state index >= 15 is 0 Å². The number of benzene rings is 1. The maximum absolute atomic E-state index is 13.0. The van der Waals surface area contributed by atoms with E-state index in [9.17, 15) is 4.39 Å². The summed E-state index contributed by atoms with van der Waals surface area (Å²) in [5.74, 6) is -0.198. The predicted molar refractivity (Wildman–Crippen MR) is 53.8 cm³/mol. The minimum absolute atomic E-state index is 0.198. The van der Waals surface area contributed by atoms with Crippen molar-refractivity contribution in [3.63, 3.8) is 0 Å². The predicted octanol–water partition coefficient (Wildman–Crippen LogP) is 2.50. The summed E-state index contributed by atoms with van der Waals surface area (Å²) in [5.41, 5.74) is 2.07. The smallest absolute Gasteiger partial charge is 0.123 e. The van der Waals surface area contributed by atoms with Gasteiger partial charge in [-0.1, -0.05) is 0 Å². The third-order valence-electron chi connectivity index (χ3n) is 2.30. The van der Waals surface area contributed by atoms with Gasteiger partial charge in [-0.2, -0.15) is 0 Å². The number of H-pyrrole nitrogens is 1. The molecule has 2 nitrogen and oxygen atoms in total. The zero-order valence-electron chi connectivity index (χ0n) is 8.01.